The molecule has 1 aliphatic rings. The first-order valence-corrected chi connectivity index (χ1v) is 15.0. The van der Waals surface area contributed by atoms with Gasteiger partial charge < -0.3 is 20.1 Å². The van der Waals surface area contributed by atoms with E-state index in [-0.39, 0.29) is 17.7 Å². The minimum absolute atomic E-state index is 0.0127. The second kappa shape index (κ2) is 14.8. The number of hydrogen-bond acceptors (Lipinski definition) is 9. The highest BCUT2D eigenvalue weighted by atomic mass is 16.7. The Balaban J connectivity index is 1.27. The molecule has 0 spiro atoms. The van der Waals surface area contributed by atoms with Gasteiger partial charge in [0.2, 0.25) is 5.91 Å². The first-order chi connectivity index (χ1) is 22.3. The lowest BCUT2D eigenvalue weighted by molar-refractivity contribution is -0.122. The number of ether oxygens (including phenoxy) is 1. The molecule has 3 aromatic carbocycles. The van der Waals surface area contributed by atoms with Crippen molar-refractivity contribution in [1.29, 1.82) is 0 Å². The minimum atomic E-state index is -0.478. The number of benzene rings is 3. The summed E-state index contributed by atoms with van der Waals surface area (Å²) in [6, 6.07) is 21.3. The fourth-order valence-electron chi connectivity index (χ4n) is 5.34. The number of aliphatic imine (C=N–C) groups is 1. The summed E-state index contributed by atoms with van der Waals surface area (Å²) in [7, 11) is 4.55. The van der Waals surface area contributed by atoms with Gasteiger partial charge >= 0.3 is 5.97 Å². The number of nitrogens with one attached hydrogen (secondary N) is 2. The van der Waals surface area contributed by atoms with Gasteiger partial charge in [0.25, 0.3) is 5.91 Å². The number of aromatic hydroxyl groups is 1. The maximum Gasteiger partial charge on any atom is 0.337 e. The summed E-state index contributed by atoms with van der Waals surface area (Å²) >= 11 is 0. The summed E-state index contributed by atoms with van der Waals surface area (Å²) in [5.74, 6) is -0.839. The molecule has 1 aromatic heterocycles. The first-order valence-electron chi connectivity index (χ1n) is 15.0. The number of methoxy groups -OCH3 is 1. The zero-order valence-corrected chi connectivity index (χ0v) is 26.2. The second-order valence-electron chi connectivity index (χ2n) is 10.9. The Kier molecular flexibility index (Phi) is 10.4. The summed E-state index contributed by atoms with van der Waals surface area (Å²) in [5, 5.41) is 15.6. The molecule has 46 heavy (non-hydrogen) atoms. The van der Waals surface area contributed by atoms with E-state index in [0.29, 0.717) is 58.7 Å². The summed E-state index contributed by atoms with van der Waals surface area (Å²) in [4.78, 5) is 54.7. The number of hydroxylamine groups is 2. The zero-order valence-electron chi connectivity index (χ0n) is 26.2. The Morgan fingerprint density at radius 2 is 1.61 bits per heavy atom. The highest BCUT2D eigenvalue weighted by molar-refractivity contribution is 6.22. The number of carbonyl (C=O) groups excluding carboxylic acids is 3. The quantitative estimate of drug-likeness (QED) is 0.131. The largest absolute Gasteiger partial charge is 0.494 e. The molecule has 2 heterocycles. The van der Waals surface area contributed by atoms with Gasteiger partial charge in [0.1, 0.15) is 0 Å². The van der Waals surface area contributed by atoms with E-state index in [1.807, 2.05) is 30.3 Å². The van der Waals surface area contributed by atoms with Crippen LogP contribution < -0.4 is 5.32 Å². The van der Waals surface area contributed by atoms with Crippen molar-refractivity contribution in [3.63, 3.8) is 0 Å². The van der Waals surface area contributed by atoms with Gasteiger partial charge in [0.15, 0.2) is 5.88 Å². The summed E-state index contributed by atoms with van der Waals surface area (Å²) < 4.78 is 4.83. The fourth-order valence-corrected chi connectivity index (χ4v) is 5.34. The Morgan fingerprint density at radius 3 is 2.28 bits per heavy atom. The van der Waals surface area contributed by atoms with Crippen molar-refractivity contribution in [2.45, 2.75) is 0 Å². The SMILES string of the molecule is CNC(=O)CN1CCN(CCON(C)C(=O)c2ccc(N=C(c3ccccc3)c3c(O)[nH]c4cc(C(=O)OC)ccc34)cc2)CC1. The lowest BCUT2D eigenvalue weighted by Gasteiger charge is -2.34. The molecule has 0 radical (unpaired) electrons. The molecule has 0 unspecified atom stereocenters. The number of rotatable bonds is 11. The van der Waals surface area contributed by atoms with Gasteiger partial charge in [-0.1, -0.05) is 36.4 Å². The number of likely N-dealkylation sites (N-methyl/N-ethyl adjacent to an activating group) is 1. The van der Waals surface area contributed by atoms with Crippen LogP contribution in [0.25, 0.3) is 10.9 Å². The number of aromatic amines is 1. The van der Waals surface area contributed by atoms with Crippen LogP contribution in [0.4, 0.5) is 5.69 Å². The molecule has 2 amide bonds. The van der Waals surface area contributed by atoms with Crippen LogP contribution in [0.3, 0.4) is 0 Å². The number of hydrogen-bond donors (Lipinski definition) is 3. The van der Waals surface area contributed by atoms with Crippen LogP contribution in [-0.4, -0.2) is 116 Å². The molecule has 12 heteroatoms. The van der Waals surface area contributed by atoms with Crippen molar-refractivity contribution in [3.05, 3.63) is 95.1 Å². The van der Waals surface area contributed by atoms with Gasteiger partial charge in [-0.15, -0.1) is 0 Å². The summed E-state index contributed by atoms with van der Waals surface area (Å²) in [5.41, 5.74) is 3.71. The third-order valence-electron chi connectivity index (χ3n) is 7.93. The Bertz CT molecular complexity index is 1710. The lowest BCUT2D eigenvalue weighted by atomic mass is 10.00. The Labute approximate surface area is 267 Å². The highest BCUT2D eigenvalue weighted by Crippen LogP contribution is 2.32. The topological polar surface area (TPSA) is 140 Å². The van der Waals surface area contributed by atoms with E-state index in [2.05, 4.69) is 20.1 Å². The maximum absolute atomic E-state index is 13.1. The van der Waals surface area contributed by atoms with E-state index < -0.39 is 5.97 Å². The van der Waals surface area contributed by atoms with Crippen molar-refractivity contribution in [3.8, 4) is 5.88 Å². The van der Waals surface area contributed by atoms with Crippen molar-refractivity contribution in [2.75, 3.05) is 67.1 Å². The predicted octanol–water partition coefficient (Wildman–Crippen LogP) is 3.20. The average Bonchev–Trinajstić information content (AvgIpc) is 3.42. The average molecular weight is 627 g/mol. The molecule has 0 bridgehead atoms. The normalized spacial score (nSPS) is 14.3. The summed E-state index contributed by atoms with van der Waals surface area (Å²) in [6.07, 6.45) is 0. The third-order valence-corrected chi connectivity index (χ3v) is 7.93. The molecule has 0 atom stereocenters. The fraction of sp³-hybridized carbons (Fsp3) is 0.294. The van der Waals surface area contributed by atoms with E-state index in [1.165, 1.54) is 12.2 Å². The molecule has 1 fully saturated rings. The number of esters is 1. The lowest BCUT2D eigenvalue weighted by Crippen LogP contribution is -2.50. The van der Waals surface area contributed by atoms with Crippen LogP contribution in [0.2, 0.25) is 0 Å². The van der Waals surface area contributed by atoms with Gasteiger partial charge in [0, 0.05) is 68.8 Å². The number of amides is 2. The standard InChI is InChI=1S/C34H38N6O6/c1-35-29(41)22-40-17-15-39(16-18-40)19-20-46-38(2)33(43)24-9-12-26(13-10-24)36-31(23-7-5-4-6-8-23)30-27-14-11-25(34(44)45-3)21-28(27)37-32(30)42/h4-14,21,37,42H,15-20,22H2,1-3H3,(H,35,41). The van der Waals surface area contributed by atoms with Crippen molar-refractivity contribution in [1.82, 2.24) is 25.2 Å². The van der Waals surface area contributed by atoms with Crippen LogP contribution in [0, 0.1) is 0 Å². The number of fused-ring (bicyclic) bond motifs is 1. The second-order valence-corrected chi connectivity index (χ2v) is 10.9. The molecule has 4 aromatic rings. The zero-order chi connectivity index (χ0) is 32.6. The molecule has 3 N–H and O–H groups in total. The Morgan fingerprint density at radius 1 is 0.935 bits per heavy atom. The number of piperazine rings is 1. The number of carbonyl (C=O) groups is 3. The molecule has 1 saturated heterocycles. The van der Waals surface area contributed by atoms with Crippen LogP contribution >= 0.6 is 0 Å². The number of H-pyrrole nitrogens is 1. The van der Waals surface area contributed by atoms with Crippen LogP contribution in [0.15, 0.2) is 77.8 Å². The van der Waals surface area contributed by atoms with E-state index in [4.69, 9.17) is 14.6 Å². The molecule has 12 nitrogen and oxygen atoms in total. The van der Waals surface area contributed by atoms with Crippen molar-refractivity contribution >= 4 is 40.1 Å². The molecule has 5 rings (SSSR count). The molecule has 240 valence electrons. The van der Waals surface area contributed by atoms with Gasteiger partial charge in [-0.2, -0.15) is 0 Å². The van der Waals surface area contributed by atoms with Crippen molar-refractivity contribution < 1.29 is 29.1 Å². The van der Waals surface area contributed by atoms with Gasteiger partial charge in [-0.25, -0.2) is 14.9 Å². The van der Waals surface area contributed by atoms with E-state index >= 15 is 0 Å². The minimum Gasteiger partial charge on any atom is -0.494 e. The molecular weight excluding hydrogens is 588 g/mol. The highest BCUT2D eigenvalue weighted by Gasteiger charge is 2.21. The molecule has 0 saturated carbocycles. The monoisotopic (exact) mass is 626 g/mol. The predicted molar refractivity (Wildman–Crippen MR) is 174 cm³/mol. The van der Waals surface area contributed by atoms with Gasteiger partial charge in [-0.3, -0.25) is 24.2 Å². The number of nitrogens with zero attached hydrogens (tertiary/aromatic N) is 4. The first kappa shape index (κ1) is 32.4. The van der Waals surface area contributed by atoms with Crippen molar-refractivity contribution in [2.24, 2.45) is 4.99 Å². The maximum atomic E-state index is 13.1. The smallest absolute Gasteiger partial charge is 0.337 e. The van der Waals surface area contributed by atoms with Crippen LogP contribution in [-0.2, 0) is 14.4 Å². The molecule has 0 aliphatic carbocycles. The third kappa shape index (κ3) is 7.60. The van der Waals surface area contributed by atoms with Gasteiger partial charge in [0.05, 0.1) is 42.8 Å². The molecular formula is C34H38N6O6. The van der Waals surface area contributed by atoms with E-state index in [9.17, 15) is 19.5 Å². The van der Waals surface area contributed by atoms with Crippen LogP contribution in [0.1, 0.15) is 31.8 Å². The summed E-state index contributed by atoms with van der Waals surface area (Å²) in [6.45, 7) is 4.70. The van der Waals surface area contributed by atoms with E-state index in [0.717, 1.165) is 31.7 Å². The number of aromatic nitrogens is 1. The van der Waals surface area contributed by atoms with Gasteiger partial charge in [-0.05, 0) is 36.4 Å². The van der Waals surface area contributed by atoms with Crippen LogP contribution in [0.5, 0.6) is 5.88 Å². The molecule has 1 aliphatic heterocycles. The Hall–Kier alpha value is -5.04. The van der Waals surface area contributed by atoms with E-state index in [1.54, 1.807) is 56.6 Å².